The minimum absolute atomic E-state index is 0.126. The smallest absolute Gasteiger partial charge is 0.162 e. The predicted octanol–water partition coefficient (Wildman–Crippen LogP) is 1.54. The van der Waals surface area contributed by atoms with Gasteiger partial charge in [0.1, 0.15) is 5.52 Å². The maximum Gasteiger partial charge on any atom is 0.162 e. The van der Waals surface area contributed by atoms with Crippen LogP contribution < -0.4 is 9.80 Å². The molecule has 2 aromatic heterocycles. The first-order valence-electron chi connectivity index (χ1n) is 10.6. The number of anilines is 2. The third kappa shape index (κ3) is 3.70. The fourth-order valence-corrected chi connectivity index (χ4v) is 4.54. The molecule has 2 aliphatic rings. The number of aliphatic hydroxyl groups is 1. The lowest BCUT2D eigenvalue weighted by Crippen LogP contribution is -2.38. The Kier molecular flexibility index (Phi) is 5.22. The summed E-state index contributed by atoms with van der Waals surface area (Å²) in [5.41, 5.74) is 2.85. The van der Waals surface area contributed by atoms with Gasteiger partial charge in [0.15, 0.2) is 5.82 Å². The summed E-state index contributed by atoms with van der Waals surface area (Å²) in [7, 11) is 1.87. The highest BCUT2D eigenvalue weighted by Crippen LogP contribution is 2.34. The number of fused-ring (bicyclic) bond motifs is 1. The molecule has 158 valence electrons. The number of hydrogen-bond donors (Lipinski definition) is 1. The molecule has 3 aromatic rings. The number of benzene rings is 1. The Bertz CT molecular complexity index is 1020. The lowest BCUT2D eigenvalue weighted by molar-refractivity contribution is 0.0979. The standard InChI is InChI=1S/C21H27N7O2/c1-26-13-16(12-22-26)20(29)15-3-2-6-28(14-15)21-18-5-4-17(11-19(18)23-25-24-21)27-7-9-30-10-8-27/h4-5,11-13,15,20,29H,2-3,6-10,14H2,1H3. The van der Waals surface area contributed by atoms with Gasteiger partial charge in [-0.1, -0.05) is 0 Å². The zero-order valence-corrected chi connectivity index (χ0v) is 17.2. The summed E-state index contributed by atoms with van der Waals surface area (Å²) in [5, 5.41) is 28.8. The molecule has 0 aliphatic carbocycles. The van der Waals surface area contributed by atoms with Crippen LogP contribution in [-0.2, 0) is 11.8 Å². The lowest BCUT2D eigenvalue weighted by atomic mass is 9.89. The van der Waals surface area contributed by atoms with Gasteiger partial charge in [-0.15, -0.1) is 10.2 Å². The molecule has 0 amide bonds. The van der Waals surface area contributed by atoms with Crippen molar-refractivity contribution in [1.29, 1.82) is 0 Å². The van der Waals surface area contributed by atoms with Crippen LogP contribution in [0.2, 0.25) is 0 Å². The van der Waals surface area contributed by atoms with E-state index in [0.29, 0.717) is 0 Å². The van der Waals surface area contributed by atoms with E-state index in [-0.39, 0.29) is 5.92 Å². The lowest BCUT2D eigenvalue weighted by Gasteiger charge is -2.35. The summed E-state index contributed by atoms with van der Waals surface area (Å²) < 4.78 is 7.19. The zero-order chi connectivity index (χ0) is 20.5. The molecule has 1 N–H and O–H groups in total. The summed E-state index contributed by atoms with van der Waals surface area (Å²) >= 11 is 0. The van der Waals surface area contributed by atoms with Crippen molar-refractivity contribution < 1.29 is 9.84 Å². The van der Waals surface area contributed by atoms with E-state index in [4.69, 9.17) is 4.74 Å². The number of morpholine rings is 1. The van der Waals surface area contributed by atoms with Gasteiger partial charge in [-0.25, -0.2) is 0 Å². The predicted molar refractivity (Wildman–Crippen MR) is 113 cm³/mol. The van der Waals surface area contributed by atoms with Gasteiger partial charge in [-0.2, -0.15) is 5.10 Å². The largest absolute Gasteiger partial charge is 0.388 e. The summed E-state index contributed by atoms with van der Waals surface area (Å²) in [4.78, 5) is 4.55. The number of hydrogen-bond acceptors (Lipinski definition) is 8. The van der Waals surface area contributed by atoms with Crippen LogP contribution in [0.1, 0.15) is 24.5 Å². The monoisotopic (exact) mass is 409 g/mol. The topological polar surface area (TPSA) is 92.4 Å². The number of nitrogens with zero attached hydrogens (tertiary/aromatic N) is 7. The van der Waals surface area contributed by atoms with Crippen LogP contribution in [0.15, 0.2) is 30.6 Å². The van der Waals surface area contributed by atoms with Gasteiger partial charge in [0.2, 0.25) is 0 Å². The van der Waals surface area contributed by atoms with Crippen molar-refractivity contribution in [3.05, 3.63) is 36.2 Å². The Hall–Kier alpha value is -2.78. The van der Waals surface area contributed by atoms with Gasteiger partial charge in [0.25, 0.3) is 0 Å². The number of ether oxygens (including phenoxy) is 1. The maximum atomic E-state index is 10.9. The molecule has 2 aliphatic heterocycles. The third-order valence-corrected chi connectivity index (χ3v) is 6.16. The SMILES string of the molecule is Cn1cc(C(O)C2CCCN(c3nnnc4cc(N5CCOCC5)ccc34)C2)cn1. The molecule has 0 saturated carbocycles. The fourth-order valence-electron chi connectivity index (χ4n) is 4.54. The zero-order valence-electron chi connectivity index (χ0n) is 17.2. The van der Waals surface area contributed by atoms with Gasteiger partial charge >= 0.3 is 0 Å². The van der Waals surface area contributed by atoms with E-state index in [1.165, 1.54) is 0 Å². The summed E-state index contributed by atoms with van der Waals surface area (Å²) in [6.07, 6.45) is 5.08. The Balaban J connectivity index is 1.39. The fraction of sp³-hybridized carbons (Fsp3) is 0.524. The molecule has 2 fully saturated rings. The summed E-state index contributed by atoms with van der Waals surface area (Å²) in [5.74, 6) is 0.970. The van der Waals surface area contributed by atoms with Crippen LogP contribution in [0.4, 0.5) is 11.5 Å². The second-order valence-corrected chi connectivity index (χ2v) is 8.15. The number of aryl methyl sites for hydroxylation is 1. The number of aliphatic hydroxyl groups excluding tert-OH is 1. The first-order valence-corrected chi connectivity index (χ1v) is 10.6. The third-order valence-electron chi connectivity index (χ3n) is 6.16. The first-order chi connectivity index (χ1) is 14.7. The van der Waals surface area contributed by atoms with Crippen molar-refractivity contribution in [2.24, 2.45) is 13.0 Å². The van der Waals surface area contributed by atoms with Crippen LogP contribution in [0.3, 0.4) is 0 Å². The van der Waals surface area contributed by atoms with Gasteiger partial charge in [0, 0.05) is 62.0 Å². The highest BCUT2D eigenvalue weighted by Gasteiger charge is 2.29. The molecule has 0 radical (unpaired) electrons. The van der Waals surface area contributed by atoms with Crippen molar-refractivity contribution in [2.45, 2.75) is 18.9 Å². The van der Waals surface area contributed by atoms with Gasteiger partial charge < -0.3 is 19.6 Å². The number of rotatable bonds is 4. The highest BCUT2D eigenvalue weighted by atomic mass is 16.5. The molecule has 9 heteroatoms. The van der Waals surface area contributed by atoms with E-state index in [2.05, 4.69) is 48.5 Å². The van der Waals surface area contributed by atoms with Crippen LogP contribution in [0, 0.1) is 5.92 Å². The van der Waals surface area contributed by atoms with Gasteiger partial charge in [-0.3, -0.25) is 4.68 Å². The van der Waals surface area contributed by atoms with Gasteiger partial charge in [0.05, 0.1) is 25.5 Å². The number of piperidine rings is 1. The molecule has 2 atom stereocenters. The quantitative estimate of drug-likeness (QED) is 0.694. The molecular formula is C21H27N7O2. The van der Waals surface area contributed by atoms with E-state index in [1.807, 2.05) is 13.2 Å². The van der Waals surface area contributed by atoms with Crippen molar-refractivity contribution >= 4 is 22.4 Å². The summed E-state index contributed by atoms with van der Waals surface area (Å²) in [6.45, 7) is 4.90. The van der Waals surface area contributed by atoms with E-state index in [0.717, 1.165) is 80.2 Å². The van der Waals surface area contributed by atoms with Gasteiger partial charge in [-0.05, 0) is 36.3 Å². The van der Waals surface area contributed by atoms with Crippen LogP contribution >= 0.6 is 0 Å². The average Bonchev–Trinajstić information content (AvgIpc) is 3.24. The highest BCUT2D eigenvalue weighted by molar-refractivity contribution is 5.91. The molecule has 5 rings (SSSR count). The van der Waals surface area contributed by atoms with E-state index in [9.17, 15) is 5.11 Å². The molecule has 0 spiro atoms. The number of aromatic nitrogens is 5. The molecule has 9 nitrogen and oxygen atoms in total. The molecule has 0 bridgehead atoms. The van der Waals surface area contributed by atoms with Crippen LogP contribution in [0.5, 0.6) is 0 Å². The summed E-state index contributed by atoms with van der Waals surface area (Å²) in [6, 6.07) is 6.31. The van der Waals surface area contributed by atoms with E-state index < -0.39 is 6.10 Å². The normalized spacial score (nSPS) is 21.2. The average molecular weight is 409 g/mol. The Morgan fingerprint density at radius 3 is 2.80 bits per heavy atom. The molecular weight excluding hydrogens is 382 g/mol. The van der Waals surface area contributed by atoms with Crippen molar-refractivity contribution in [3.8, 4) is 0 Å². The Morgan fingerprint density at radius 1 is 1.13 bits per heavy atom. The van der Waals surface area contributed by atoms with Crippen molar-refractivity contribution in [2.75, 3.05) is 49.2 Å². The molecule has 4 heterocycles. The second kappa shape index (κ2) is 8.16. The minimum atomic E-state index is -0.532. The van der Waals surface area contributed by atoms with Crippen molar-refractivity contribution in [3.63, 3.8) is 0 Å². The second-order valence-electron chi connectivity index (χ2n) is 8.15. The maximum absolute atomic E-state index is 10.9. The van der Waals surface area contributed by atoms with Crippen LogP contribution in [0.25, 0.3) is 10.9 Å². The Morgan fingerprint density at radius 2 is 2.00 bits per heavy atom. The van der Waals surface area contributed by atoms with Crippen molar-refractivity contribution in [1.82, 2.24) is 25.2 Å². The van der Waals surface area contributed by atoms with E-state index in [1.54, 1.807) is 10.9 Å². The molecule has 1 aromatic carbocycles. The Labute approximate surface area is 175 Å². The molecule has 30 heavy (non-hydrogen) atoms. The van der Waals surface area contributed by atoms with Crippen LogP contribution in [-0.4, -0.2) is 69.7 Å². The first kappa shape index (κ1) is 19.2. The van der Waals surface area contributed by atoms with E-state index >= 15 is 0 Å². The molecule has 2 unspecified atom stereocenters. The molecule has 2 saturated heterocycles. The minimum Gasteiger partial charge on any atom is -0.388 e.